The first kappa shape index (κ1) is 16.7. The van der Waals surface area contributed by atoms with Gasteiger partial charge in [0.15, 0.2) is 0 Å². The average Bonchev–Trinajstić information content (AvgIpc) is 2.68. The molecule has 2 N–H and O–H groups in total. The van der Waals surface area contributed by atoms with Crippen LogP contribution in [0.15, 0.2) is 12.0 Å². The van der Waals surface area contributed by atoms with Crippen molar-refractivity contribution in [3.05, 3.63) is 12.0 Å². The summed E-state index contributed by atoms with van der Waals surface area (Å²) in [5, 5.41) is 7.21. The van der Waals surface area contributed by atoms with E-state index in [4.69, 9.17) is 10.2 Å². The monoisotopic (exact) mass is 315 g/mol. The molecule has 1 unspecified atom stereocenters. The summed E-state index contributed by atoms with van der Waals surface area (Å²) in [5.41, 5.74) is 3.13. The summed E-state index contributed by atoms with van der Waals surface area (Å²) in [6.07, 6.45) is 3.54. The van der Waals surface area contributed by atoms with E-state index in [2.05, 4.69) is 15.2 Å². The van der Waals surface area contributed by atoms with Crippen molar-refractivity contribution < 1.29 is 19.0 Å². The number of halogens is 1. The Kier molecular flexibility index (Phi) is 6.10. The lowest BCUT2D eigenvalue weighted by atomic mass is 10.2. The predicted octanol–water partition coefficient (Wildman–Crippen LogP) is 0.0531. The van der Waals surface area contributed by atoms with Gasteiger partial charge < -0.3 is 20.0 Å². The van der Waals surface area contributed by atoms with Gasteiger partial charge in [0.05, 0.1) is 12.3 Å². The third kappa shape index (κ3) is 4.39. The van der Waals surface area contributed by atoms with Gasteiger partial charge in [-0.15, -0.1) is 5.48 Å². The summed E-state index contributed by atoms with van der Waals surface area (Å²) >= 11 is 0. The molecular formula is C13H22FN5O3. The lowest BCUT2D eigenvalue weighted by molar-refractivity contribution is -0.262. The second kappa shape index (κ2) is 8.06. The summed E-state index contributed by atoms with van der Waals surface area (Å²) in [7, 11) is 2.05. The van der Waals surface area contributed by atoms with E-state index >= 15 is 0 Å². The molecule has 0 radical (unpaired) electrons. The highest BCUT2D eigenvalue weighted by molar-refractivity contribution is 5.80. The Hall–Kier alpha value is -1.71. The maximum absolute atomic E-state index is 13.2. The molecule has 9 heteroatoms. The number of nitrogens with one attached hydrogen (secondary N) is 2. The Morgan fingerprint density at radius 1 is 1.45 bits per heavy atom. The topological polar surface area (TPSA) is 81.1 Å². The summed E-state index contributed by atoms with van der Waals surface area (Å²) in [6.45, 7) is 3.58. The summed E-state index contributed by atoms with van der Waals surface area (Å²) in [6, 6.07) is -0.803. The van der Waals surface area contributed by atoms with Crippen LogP contribution in [0.3, 0.4) is 0 Å². The third-order valence-electron chi connectivity index (χ3n) is 3.72. The number of allylic oxidation sites excluding steroid dienone is 1. The molecule has 0 aliphatic carbocycles. The molecule has 1 amide bonds. The van der Waals surface area contributed by atoms with E-state index in [1.165, 1.54) is 12.5 Å². The Morgan fingerprint density at radius 2 is 2.18 bits per heavy atom. The van der Waals surface area contributed by atoms with Gasteiger partial charge in [-0.05, 0) is 25.2 Å². The fourth-order valence-corrected chi connectivity index (χ4v) is 2.29. The molecule has 2 rings (SSSR count). The van der Waals surface area contributed by atoms with Crippen LogP contribution >= 0.6 is 0 Å². The van der Waals surface area contributed by atoms with Gasteiger partial charge in [0.25, 0.3) is 5.91 Å². The van der Waals surface area contributed by atoms with E-state index in [9.17, 15) is 9.28 Å². The molecule has 0 aromatic heterocycles. The van der Waals surface area contributed by atoms with Crippen LogP contribution in [0.4, 0.5) is 4.48 Å². The van der Waals surface area contributed by atoms with Crippen molar-refractivity contribution in [3.63, 3.8) is 0 Å². The van der Waals surface area contributed by atoms with Gasteiger partial charge in [0.2, 0.25) is 0 Å². The van der Waals surface area contributed by atoms with Crippen LogP contribution in [0.2, 0.25) is 0 Å². The van der Waals surface area contributed by atoms with Crippen LogP contribution in [-0.2, 0) is 14.5 Å². The standard InChI is InChI=1S/C13H22FN5O3/c1-17-4-6-18(7-5-17)11(9-15)10-21-16-12-3-2-8-22-19(14)13(12)20/h9-10,12,15-16H,2-8H2,1H3/b11-10-,15-9?. The number of piperazine rings is 1. The van der Waals surface area contributed by atoms with E-state index in [-0.39, 0.29) is 11.9 Å². The second-order valence-electron chi connectivity index (χ2n) is 5.32. The number of hydrogen-bond acceptors (Lipinski definition) is 7. The van der Waals surface area contributed by atoms with Crippen molar-refractivity contribution in [2.24, 2.45) is 0 Å². The third-order valence-corrected chi connectivity index (χ3v) is 3.72. The van der Waals surface area contributed by atoms with Gasteiger partial charge in [-0.2, -0.15) is 0 Å². The quantitative estimate of drug-likeness (QED) is 0.323. The maximum Gasteiger partial charge on any atom is 0.298 e. The summed E-state index contributed by atoms with van der Waals surface area (Å²) in [5.74, 6) is -0.818. The molecule has 2 heterocycles. The molecule has 2 saturated heterocycles. The van der Waals surface area contributed by atoms with Crippen molar-refractivity contribution in [1.29, 1.82) is 5.41 Å². The minimum absolute atomic E-state index is 0.156. The molecule has 0 saturated carbocycles. The Labute approximate surface area is 128 Å². The zero-order valence-corrected chi connectivity index (χ0v) is 12.6. The van der Waals surface area contributed by atoms with Crippen molar-refractivity contribution in [2.75, 3.05) is 39.8 Å². The molecule has 2 fully saturated rings. The molecule has 0 aromatic rings. The van der Waals surface area contributed by atoms with Crippen molar-refractivity contribution in [2.45, 2.75) is 18.9 Å². The number of likely N-dealkylation sites (N-methyl/N-ethyl adjacent to an activating group) is 1. The highest BCUT2D eigenvalue weighted by Crippen LogP contribution is 2.11. The highest BCUT2D eigenvalue weighted by Gasteiger charge is 2.29. The molecule has 0 aromatic carbocycles. The average molecular weight is 315 g/mol. The number of amides is 1. The number of rotatable bonds is 5. The van der Waals surface area contributed by atoms with Gasteiger partial charge in [0.1, 0.15) is 12.3 Å². The first-order valence-corrected chi connectivity index (χ1v) is 7.30. The maximum atomic E-state index is 13.2. The largest absolute Gasteiger partial charge is 0.414 e. The van der Waals surface area contributed by atoms with Crippen LogP contribution in [-0.4, -0.2) is 73.1 Å². The SMILES string of the molecule is CN1CCN(/C(C=N)=C\ONC2CCCON(F)C2=O)CC1. The van der Waals surface area contributed by atoms with Crippen molar-refractivity contribution in [3.8, 4) is 0 Å². The number of hydroxylamine groups is 2. The molecule has 1 atom stereocenters. The second-order valence-corrected chi connectivity index (χ2v) is 5.32. The van der Waals surface area contributed by atoms with Gasteiger partial charge in [-0.3, -0.25) is 4.79 Å². The zero-order valence-electron chi connectivity index (χ0n) is 12.6. The molecule has 0 bridgehead atoms. The van der Waals surface area contributed by atoms with Crippen LogP contribution < -0.4 is 5.48 Å². The lowest BCUT2D eigenvalue weighted by Crippen LogP contribution is -2.44. The van der Waals surface area contributed by atoms with Gasteiger partial charge in [-0.1, -0.05) is 4.48 Å². The lowest BCUT2D eigenvalue weighted by Gasteiger charge is -2.34. The Balaban J connectivity index is 1.86. The van der Waals surface area contributed by atoms with Crippen molar-refractivity contribution in [1.82, 2.24) is 20.6 Å². The van der Waals surface area contributed by atoms with E-state index in [1.807, 2.05) is 11.9 Å². The fourth-order valence-electron chi connectivity index (χ4n) is 2.29. The first-order chi connectivity index (χ1) is 10.6. The number of hydrogen-bond donors (Lipinski definition) is 2. The smallest absolute Gasteiger partial charge is 0.298 e. The zero-order chi connectivity index (χ0) is 15.9. The predicted molar refractivity (Wildman–Crippen MR) is 77.1 cm³/mol. The number of carbonyl (C=O) groups excluding carboxylic acids is 1. The molecule has 124 valence electrons. The first-order valence-electron chi connectivity index (χ1n) is 7.30. The summed E-state index contributed by atoms with van der Waals surface area (Å²) < 4.78 is 13.2. The molecule has 0 spiro atoms. The number of nitrogens with zero attached hydrogens (tertiary/aromatic N) is 3. The Morgan fingerprint density at radius 3 is 2.86 bits per heavy atom. The van der Waals surface area contributed by atoms with Crippen LogP contribution in [0.1, 0.15) is 12.8 Å². The molecule has 8 nitrogen and oxygen atoms in total. The normalized spacial score (nSPS) is 25.1. The van der Waals surface area contributed by atoms with Gasteiger partial charge in [-0.25, -0.2) is 4.84 Å². The Bertz CT molecular complexity index is 426. The van der Waals surface area contributed by atoms with E-state index in [0.717, 1.165) is 26.2 Å². The minimum Gasteiger partial charge on any atom is -0.414 e. The molecule has 22 heavy (non-hydrogen) atoms. The van der Waals surface area contributed by atoms with E-state index in [1.54, 1.807) is 0 Å². The van der Waals surface area contributed by atoms with Crippen LogP contribution in [0.5, 0.6) is 0 Å². The highest BCUT2D eigenvalue weighted by atomic mass is 19.2. The van der Waals surface area contributed by atoms with Crippen molar-refractivity contribution >= 4 is 12.1 Å². The minimum atomic E-state index is -0.818. The fraction of sp³-hybridized carbons (Fsp3) is 0.692. The summed E-state index contributed by atoms with van der Waals surface area (Å²) in [4.78, 5) is 25.6. The van der Waals surface area contributed by atoms with E-state index in [0.29, 0.717) is 18.5 Å². The molecule has 2 aliphatic rings. The molecular weight excluding hydrogens is 293 g/mol. The van der Waals surface area contributed by atoms with Gasteiger partial charge in [0, 0.05) is 32.4 Å². The van der Waals surface area contributed by atoms with Crippen LogP contribution in [0, 0.1) is 5.41 Å². The van der Waals surface area contributed by atoms with E-state index < -0.39 is 11.9 Å². The molecule has 2 aliphatic heterocycles. The van der Waals surface area contributed by atoms with Crippen LogP contribution in [0.25, 0.3) is 0 Å². The number of carbonyl (C=O) groups is 1. The van der Waals surface area contributed by atoms with Gasteiger partial charge >= 0.3 is 0 Å².